The fourth-order valence-electron chi connectivity index (χ4n) is 3.60. The van der Waals surface area contributed by atoms with Gasteiger partial charge in [-0.05, 0) is 30.5 Å². The Balaban J connectivity index is 1.77. The van der Waals surface area contributed by atoms with Crippen molar-refractivity contribution >= 4 is 40.9 Å². The zero-order valence-electron chi connectivity index (χ0n) is 15.1. The van der Waals surface area contributed by atoms with Crippen LogP contribution in [0.15, 0.2) is 23.1 Å². The fraction of sp³-hybridized carbons (Fsp3) is 0.421. The summed E-state index contributed by atoms with van der Waals surface area (Å²) in [7, 11) is 0. The Morgan fingerprint density at radius 2 is 2.19 bits per heavy atom. The lowest BCUT2D eigenvalue weighted by Gasteiger charge is -2.32. The van der Waals surface area contributed by atoms with Crippen molar-refractivity contribution in [2.24, 2.45) is 0 Å². The predicted octanol–water partition coefficient (Wildman–Crippen LogP) is 3.21. The Labute approximate surface area is 167 Å². The quantitative estimate of drug-likeness (QED) is 0.822. The number of ether oxygens (including phenoxy) is 1. The molecule has 142 valence electrons. The molecule has 2 aliphatic heterocycles. The van der Waals surface area contributed by atoms with Gasteiger partial charge in [0, 0.05) is 41.3 Å². The third-order valence-corrected chi connectivity index (χ3v) is 6.29. The van der Waals surface area contributed by atoms with Crippen LogP contribution in [0.5, 0.6) is 0 Å². The smallest absolute Gasteiger partial charge is 0.222 e. The molecule has 0 saturated carbocycles. The number of carbonyl (C=O) groups excluding carboxylic acids is 1. The van der Waals surface area contributed by atoms with Crippen LogP contribution in [0.4, 0.5) is 11.8 Å². The summed E-state index contributed by atoms with van der Waals surface area (Å²) in [5.74, 6) is 1.79. The minimum Gasteiger partial charge on any atom is -0.379 e. The molecule has 1 fully saturated rings. The third kappa shape index (κ3) is 3.90. The van der Waals surface area contributed by atoms with E-state index in [1.54, 1.807) is 11.8 Å². The lowest BCUT2D eigenvalue weighted by molar-refractivity contribution is -0.116. The van der Waals surface area contributed by atoms with Crippen molar-refractivity contribution in [3.05, 3.63) is 40.0 Å². The maximum absolute atomic E-state index is 11.9. The molecule has 1 saturated heterocycles. The molecule has 8 heteroatoms. The first kappa shape index (κ1) is 18.5. The van der Waals surface area contributed by atoms with Crippen LogP contribution in [0.3, 0.4) is 0 Å². The van der Waals surface area contributed by atoms with Gasteiger partial charge in [0.15, 0.2) is 0 Å². The van der Waals surface area contributed by atoms with E-state index in [0.717, 1.165) is 40.5 Å². The standard InChI is InChI=1S/C19H21ClN4O2S/c1-11-5-18(23-19(21)22-11)24-3-2-4-26-9-16(24)14-7-12-6-13(25)10-27-17(12)8-15(14)20/h5,7-8,16H,2-4,6,9-10H2,1H3,(H2,21,22,23). The number of hydrogen-bond acceptors (Lipinski definition) is 7. The molecule has 0 bridgehead atoms. The number of fused-ring (bicyclic) bond motifs is 1. The monoisotopic (exact) mass is 404 g/mol. The Hall–Kier alpha value is -1.83. The molecule has 0 spiro atoms. The van der Waals surface area contributed by atoms with Gasteiger partial charge >= 0.3 is 0 Å². The fourth-order valence-corrected chi connectivity index (χ4v) is 4.89. The number of halogens is 1. The van der Waals surface area contributed by atoms with Gasteiger partial charge in [-0.15, -0.1) is 11.8 Å². The van der Waals surface area contributed by atoms with Gasteiger partial charge in [-0.2, -0.15) is 4.98 Å². The number of hydrogen-bond donors (Lipinski definition) is 1. The van der Waals surface area contributed by atoms with Crippen LogP contribution in [0, 0.1) is 6.92 Å². The second-order valence-electron chi connectivity index (χ2n) is 6.85. The van der Waals surface area contributed by atoms with E-state index < -0.39 is 0 Å². The number of Topliss-reactive ketones (excluding diaryl/α,β-unsaturated/α-hetero) is 1. The van der Waals surface area contributed by atoms with Crippen molar-refractivity contribution in [1.82, 2.24) is 9.97 Å². The van der Waals surface area contributed by atoms with Gasteiger partial charge in [0.1, 0.15) is 11.6 Å². The Morgan fingerprint density at radius 3 is 3.00 bits per heavy atom. The van der Waals surface area contributed by atoms with Crippen LogP contribution >= 0.6 is 23.4 Å². The highest BCUT2D eigenvalue weighted by atomic mass is 35.5. The molecule has 1 unspecified atom stereocenters. The average molecular weight is 405 g/mol. The van der Waals surface area contributed by atoms with E-state index in [4.69, 9.17) is 22.1 Å². The molecule has 2 aliphatic rings. The molecule has 1 aromatic heterocycles. The van der Waals surface area contributed by atoms with Crippen LogP contribution in [0.2, 0.25) is 5.02 Å². The predicted molar refractivity (Wildman–Crippen MR) is 108 cm³/mol. The lowest BCUT2D eigenvalue weighted by atomic mass is 9.99. The molecular weight excluding hydrogens is 384 g/mol. The van der Waals surface area contributed by atoms with Crippen molar-refractivity contribution in [2.45, 2.75) is 30.7 Å². The molecule has 1 atom stereocenters. The molecule has 27 heavy (non-hydrogen) atoms. The lowest BCUT2D eigenvalue weighted by Crippen LogP contribution is -2.32. The summed E-state index contributed by atoms with van der Waals surface area (Å²) in [6, 6.07) is 5.87. The Kier molecular flexibility index (Phi) is 5.25. The number of anilines is 2. The van der Waals surface area contributed by atoms with Crippen molar-refractivity contribution in [3.63, 3.8) is 0 Å². The van der Waals surface area contributed by atoms with Gasteiger partial charge < -0.3 is 15.4 Å². The molecule has 3 heterocycles. The summed E-state index contributed by atoms with van der Waals surface area (Å²) in [6.45, 7) is 3.87. The molecule has 2 N–H and O–H groups in total. The number of nitrogens with two attached hydrogens (primary N) is 1. The van der Waals surface area contributed by atoms with E-state index in [-0.39, 0.29) is 17.8 Å². The molecule has 1 aromatic carbocycles. The number of aromatic nitrogens is 2. The Morgan fingerprint density at radius 1 is 1.33 bits per heavy atom. The maximum atomic E-state index is 11.9. The first-order valence-corrected chi connectivity index (χ1v) is 10.3. The summed E-state index contributed by atoms with van der Waals surface area (Å²) >= 11 is 8.22. The summed E-state index contributed by atoms with van der Waals surface area (Å²) in [6.07, 6.45) is 1.34. The number of aryl methyl sites for hydroxylation is 1. The van der Waals surface area contributed by atoms with E-state index in [0.29, 0.717) is 30.4 Å². The van der Waals surface area contributed by atoms with E-state index >= 15 is 0 Å². The van der Waals surface area contributed by atoms with Crippen LogP contribution in [0.1, 0.15) is 29.3 Å². The largest absolute Gasteiger partial charge is 0.379 e. The SMILES string of the molecule is Cc1cc(N2CCCOCC2c2cc3c(cc2Cl)SCC(=O)C3)nc(N)n1. The van der Waals surface area contributed by atoms with Crippen molar-refractivity contribution in [1.29, 1.82) is 0 Å². The second kappa shape index (κ2) is 7.66. The first-order chi connectivity index (χ1) is 13.0. The minimum absolute atomic E-state index is 0.0963. The van der Waals surface area contributed by atoms with Gasteiger partial charge in [0.05, 0.1) is 18.4 Å². The number of rotatable bonds is 2. The van der Waals surface area contributed by atoms with E-state index in [9.17, 15) is 4.79 Å². The van der Waals surface area contributed by atoms with Crippen molar-refractivity contribution in [3.8, 4) is 0 Å². The normalized spacial score (nSPS) is 20.3. The van der Waals surface area contributed by atoms with E-state index in [1.165, 1.54) is 0 Å². The summed E-state index contributed by atoms with van der Waals surface area (Å²) in [5, 5.41) is 0.690. The molecule has 0 amide bonds. The van der Waals surface area contributed by atoms with Crippen molar-refractivity contribution < 1.29 is 9.53 Å². The number of nitrogen functional groups attached to an aromatic ring is 1. The second-order valence-corrected chi connectivity index (χ2v) is 8.27. The minimum atomic E-state index is -0.0963. The van der Waals surface area contributed by atoms with Gasteiger partial charge in [0.2, 0.25) is 5.95 Å². The van der Waals surface area contributed by atoms with Crippen LogP contribution in [-0.2, 0) is 16.0 Å². The highest BCUT2D eigenvalue weighted by molar-refractivity contribution is 8.00. The van der Waals surface area contributed by atoms with Gasteiger partial charge in [0.25, 0.3) is 0 Å². The van der Waals surface area contributed by atoms with Gasteiger partial charge in [-0.25, -0.2) is 4.98 Å². The molecular formula is C19H21ClN4O2S. The van der Waals surface area contributed by atoms with E-state index in [2.05, 4.69) is 20.9 Å². The van der Waals surface area contributed by atoms with Gasteiger partial charge in [-0.3, -0.25) is 4.79 Å². The van der Waals surface area contributed by atoms with Gasteiger partial charge in [-0.1, -0.05) is 17.7 Å². The third-order valence-electron chi connectivity index (χ3n) is 4.81. The Bertz CT molecular complexity index is 872. The molecule has 0 aliphatic carbocycles. The highest BCUT2D eigenvalue weighted by Gasteiger charge is 2.29. The highest BCUT2D eigenvalue weighted by Crippen LogP contribution is 2.38. The molecule has 6 nitrogen and oxygen atoms in total. The number of nitrogens with zero attached hydrogens (tertiary/aromatic N) is 3. The molecule has 2 aromatic rings. The zero-order valence-corrected chi connectivity index (χ0v) is 16.6. The summed E-state index contributed by atoms with van der Waals surface area (Å²) in [4.78, 5) is 23.8. The average Bonchev–Trinajstić information content (AvgIpc) is 2.86. The van der Waals surface area contributed by atoms with E-state index in [1.807, 2.05) is 19.1 Å². The maximum Gasteiger partial charge on any atom is 0.222 e. The zero-order chi connectivity index (χ0) is 19.0. The van der Waals surface area contributed by atoms with Crippen molar-refractivity contribution in [2.75, 3.05) is 36.1 Å². The van der Waals surface area contributed by atoms with Crippen LogP contribution < -0.4 is 10.6 Å². The van der Waals surface area contributed by atoms with Crippen LogP contribution in [0.25, 0.3) is 0 Å². The number of carbonyl (C=O) groups is 1. The number of ketones is 1. The number of thioether (sulfide) groups is 1. The molecule has 0 radical (unpaired) electrons. The summed E-state index contributed by atoms with van der Waals surface area (Å²) < 4.78 is 5.85. The first-order valence-electron chi connectivity index (χ1n) is 8.93. The summed E-state index contributed by atoms with van der Waals surface area (Å²) in [5.41, 5.74) is 8.70. The molecule has 4 rings (SSSR count). The number of benzene rings is 1. The van der Waals surface area contributed by atoms with Crippen LogP contribution in [-0.4, -0.2) is 41.3 Å². The topological polar surface area (TPSA) is 81.3 Å².